The molecule has 2 N–H and O–H groups in total. The SMILES string of the molecule is O=S(O)(O)=S.[Na+].[c-]1ccccc1. The van der Waals surface area contributed by atoms with Gasteiger partial charge in [-0.3, -0.25) is 9.11 Å². The Kier molecular flexibility index (Phi) is 10.2. The first kappa shape index (κ1) is 15.0. The van der Waals surface area contributed by atoms with E-state index in [0.717, 1.165) is 0 Å². The molecule has 1 rings (SSSR count). The molecule has 6 heteroatoms. The first-order chi connectivity index (χ1) is 5.00. The number of hydrogen-bond acceptors (Lipinski definition) is 2. The molecule has 12 heavy (non-hydrogen) atoms. The number of hydrogen-bond donors (Lipinski definition) is 2. The van der Waals surface area contributed by atoms with Gasteiger partial charge in [-0.05, 0) is 0 Å². The summed E-state index contributed by atoms with van der Waals surface area (Å²) in [4.78, 5) is 0. The van der Waals surface area contributed by atoms with Crippen LogP contribution in [0.15, 0.2) is 30.3 Å². The molecule has 0 radical (unpaired) electrons. The first-order valence-corrected chi connectivity index (χ1v) is 5.01. The van der Waals surface area contributed by atoms with Crippen molar-refractivity contribution in [2.24, 2.45) is 0 Å². The van der Waals surface area contributed by atoms with Gasteiger partial charge >= 0.3 is 29.6 Å². The molecule has 1 aromatic rings. The second-order valence-electron chi connectivity index (χ2n) is 1.53. The van der Waals surface area contributed by atoms with Gasteiger partial charge in [-0.15, -0.1) is 0 Å². The standard InChI is InChI=1S/C6H5.Na.H2O3S2/c1-2-4-6-5-3-1;;1-5(2,3)4/h1-5H;;(H2,1,2,3,4)/q-1;+1;. The van der Waals surface area contributed by atoms with E-state index in [-0.39, 0.29) is 29.6 Å². The molecule has 0 spiro atoms. The van der Waals surface area contributed by atoms with E-state index < -0.39 is 9.05 Å². The molecular formula is C6H7NaO3S2. The van der Waals surface area contributed by atoms with E-state index in [4.69, 9.17) is 13.3 Å². The van der Waals surface area contributed by atoms with Crippen molar-refractivity contribution in [3.8, 4) is 0 Å². The molecular weight excluding hydrogens is 207 g/mol. The fourth-order valence-electron chi connectivity index (χ4n) is 0.342. The fourth-order valence-corrected chi connectivity index (χ4v) is 0.342. The van der Waals surface area contributed by atoms with Gasteiger partial charge in [0.25, 0.3) is 9.05 Å². The van der Waals surface area contributed by atoms with Crippen molar-refractivity contribution in [3.63, 3.8) is 0 Å². The summed E-state index contributed by atoms with van der Waals surface area (Å²) in [5.41, 5.74) is 0. The molecule has 3 nitrogen and oxygen atoms in total. The minimum Gasteiger partial charge on any atom is -0.285 e. The van der Waals surface area contributed by atoms with E-state index in [1.807, 2.05) is 30.3 Å². The van der Waals surface area contributed by atoms with Crippen LogP contribution in [0.3, 0.4) is 0 Å². The van der Waals surface area contributed by atoms with E-state index in [1.54, 1.807) is 0 Å². The monoisotopic (exact) mass is 214 g/mol. The van der Waals surface area contributed by atoms with Crippen LogP contribution >= 0.6 is 0 Å². The third-order valence-electron chi connectivity index (χ3n) is 0.607. The second kappa shape index (κ2) is 8.12. The van der Waals surface area contributed by atoms with Gasteiger partial charge in [0, 0.05) is 11.2 Å². The summed E-state index contributed by atoms with van der Waals surface area (Å²) >= 11 is 3.47. The molecule has 0 aromatic heterocycles. The van der Waals surface area contributed by atoms with Crippen LogP contribution in [-0.2, 0) is 20.2 Å². The van der Waals surface area contributed by atoms with E-state index in [1.165, 1.54) is 0 Å². The molecule has 0 amide bonds. The molecule has 0 saturated heterocycles. The molecule has 0 aliphatic rings. The summed E-state index contributed by atoms with van der Waals surface area (Å²) in [6.07, 6.45) is 0. The molecule has 0 unspecified atom stereocenters. The van der Waals surface area contributed by atoms with Crippen LogP contribution in [-0.4, -0.2) is 13.3 Å². The zero-order chi connectivity index (χ0) is 8.74. The van der Waals surface area contributed by atoms with Crippen molar-refractivity contribution in [2.45, 2.75) is 0 Å². The van der Waals surface area contributed by atoms with Gasteiger partial charge in [-0.25, -0.2) is 0 Å². The molecule has 0 saturated carbocycles. The maximum atomic E-state index is 9.11. The predicted octanol–water partition coefficient (Wildman–Crippen LogP) is -1.83. The number of benzene rings is 1. The summed E-state index contributed by atoms with van der Waals surface area (Å²) < 4.78 is 24.0. The van der Waals surface area contributed by atoms with Gasteiger partial charge in [0.1, 0.15) is 0 Å². The van der Waals surface area contributed by atoms with E-state index in [9.17, 15) is 0 Å². The zero-order valence-electron chi connectivity index (χ0n) is 6.51. The smallest absolute Gasteiger partial charge is 0.285 e. The van der Waals surface area contributed by atoms with Crippen molar-refractivity contribution in [1.82, 2.24) is 0 Å². The van der Waals surface area contributed by atoms with Crippen LogP contribution in [0.4, 0.5) is 0 Å². The molecule has 1 aromatic carbocycles. The van der Waals surface area contributed by atoms with Crippen molar-refractivity contribution in [3.05, 3.63) is 36.4 Å². The minimum absolute atomic E-state index is 0. The van der Waals surface area contributed by atoms with Crippen LogP contribution in [0.25, 0.3) is 0 Å². The molecule has 0 aliphatic heterocycles. The summed E-state index contributed by atoms with van der Waals surface area (Å²) in [5, 5.41) is 0. The largest absolute Gasteiger partial charge is 1.00 e. The van der Waals surface area contributed by atoms with E-state index in [2.05, 4.69) is 17.3 Å². The normalized spacial score (nSPS) is 8.83. The van der Waals surface area contributed by atoms with Crippen LogP contribution < -0.4 is 29.6 Å². The van der Waals surface area contributed by atoms with Gasteiger partial charge in [0.2, 0.25) is 0 Å². The quantitative estimate of drug-likeness (QED) is 0.394. The molecule has 0 fully saturated rings. The summed E-state index contributed by atoms with van der Waals surface area (Å²) in [6.45, 7) is 0. The molecule has 0 aliphatic carbocycles. The van der Waals surface area contributed by atoms with E-state index in [0.29, 0.717) is 0 Å². The number of rotatable bonds is 0. The second-order valence-corrected chi connectivity index (χ2v) is 3.72. The summed E-state index contributed by atoms with van der Waals surface area (Å²) in [5.74, 6) is 0. The fraction of sp³-hybridized carbons (Fsp3) is 0. The van der Waals surface area contributed by atoms with Crippen LogP contribution in [0.5, 0.6) is 0 Å². The first-order valence-electron chi connectivity index (χ1n) is 2.61. The van der Waals surface area contributed by atoms with Crippen molar-refractivity contribution < 1.29 is 42.9 Å². The minimum atomic E-state index is -3.83. The summed E-state index contributed by atoms with van der Waals surface area (Å²) in [6, 6.07) is 12.5. The Morgan fingerprint density at radius 3 is 1.58 bits per heavy atom. The van der Waals surface area contributed by atoms with Crippen molar-refractivity contribution in [2.75, 3.05) is 0 Å². The summed E-state index contributed by atoms with van der Waals surface area (Å²) in [7, 11) is -3.83. The van der Waals surface area contributed by atoms with Gasteiger partial charge in [0.05, 0.1) is 0 Å². The van der Waals surface area contributed by atoms with E-state index >= 15 is 0 Å². The maximum absolute atomic E-state index is 9.11. The average Bonchev–Trinajstić information content (AvgIpc) is 1.88. The molecule has 0 heterocycles. The molecule has 0 bridgehead atoms. The van der Waals surface area contributed by atoms with Gasteiger partial charge in [0.15, 0.2) is 0 Å². The maximum Gasteiger partial charge on any atom is 1.00 e. The Bertz CT molecular complexity index is 237. The van der Waals surface area contributed by atoms with Crippen molar-refractivity contribution in [1.29, 1.82) is 0 Å². The average molecular weight is 214 g/mol. The topological polar surface area (TPSA) is 57.5 Å². The Labute approximate surface area is 98.8 Å². The third kappa shape index (κ3) is 22.4. The van der Waals surface area contributed by atoms with Crippen molar-refractivity contribution >= 4 is 20.2 Å². The van der Waals surface area contributed by atoms with Crippen LogP contribution in [0, 0.1) is 6.07 Å². The Morgan fingerprint density at radius 1 is 1.17 bits per heavy atom. The third-order valence-corrected chi connectivity index (χ3v) is 0.607. The van der Waals surface area contributed by atoms with Crippen LogP contribution in [0.1, 0.15) is 0 Å². The van der Waals surface area contributed by atoms with Gasteiger partial charge < -0.3 is 0 Å². The van der Waals surface area contributed by atoms with Gasteiger partial charge in [-0.2, -0.15) is 40.6 Å². The Hall–Kier alpha value is 0.510. The zero-order valence-corrected chi connectivity index (χ0v) is 10.1. The van der Waals surface area contributed by atoms with Crippen LogP contribution in [0.2, 0.25) is 0 Å². The molecule has 62 valence electrons. The Morgan fingerprint density at radius 2 is 1.50 bits per heavy atom. The Balaban J connectivity index is 0. The van der Waals surface area contributed by atoms with Gasteiger partial charge in [-0.1, -0.05) is 0 Å². The predicted molar refractivity (Wildman–Crippen MR) is 46.0 cm³/mol. The molecule has 0 atom stereocenters.